The van der Waals surface area contributed by atoms with Crippen molar-refractivity contribution in [2.24, 2.45) is 11.7 Å². The number of nitrogens with zero attached hydrogens (tertiary/aromatic N) is 1. The number of halogens is 2. The first-order valence-electron chi connectivity index (χ1n) is 4.09. The van der Waals surface area contributed by atoms with Crippen LogP contribution in [-0.2, 0) is 0 Å². The number of rotatable bonds is 2. The maximum Gasteiger partial charge on any atom is 0.142 e. The molecule has 0 aromatic carbocycles. The van der Waals surface area contributed by atoms with Gasteiger partial charge in [0.2, 0.25) is 0 Å². The molecule has 72 valence electrons. The lowest BCUT2D eigenvalue weighted by atomic mass is 9.99. The third-order valence-corrected chi connectivity index (χ3v) is 3.36. The summed E-state index contributed by atoms with van der Waals surface area (Å²) >= 11 is 7.96. The molecule has 0 aliphatic carbocycles. The summed E-state index contributed by atoms with van der Waals surface area (Å²) in [5, 5.41) is 0.542. The molecule has 13 heavy (non-hydrogen) atoms. The van der Waals surface area contributed by atoms with Crippen molar-refractivity contribution in [2.75, 3.05) is 0 Å². The van der Waals surface area contributed by atoms with Crippen LogP contribution in [0.2, 0.25) is 5.15 Å². The molecule has 0 radical (unpaired) electrons. The van der Waals surface area contributed by atoms with E-state index in [4.69, 9.17) is 17.3 Å². The highest BCUT2D eigenvalue weighted by molar-refractivity contribution is 14.1. The number of nitrogens with two attached hydrogens (primary N) is 1. The van der Waals surface area contributed by atoms with Crippen molar-refractivity contribution in [3.05, 3.63) is 26.5 Å². The molecule has 0 aliphatic rings. The van der Waals surface area contributed by atoms with E-state index < -0.39 is 0 Å². The molecular formula is C9H12ClIN2. The van der Waals surface area contributed by atoms with E-state index in [-0.39, 0.29) is 6.04 Å². The largest absolute Gasteiger partial charge is 0.324 e. The first kappa shape index (κ1) is 11.2. The molecular weight excluding hydrogens is 298 g/mol. The third kappa shape index (κ3) is 2.79. The number of aromatic nitrogens is 1. The van der Waals surface area contributed by atoms with Crippen molar-refractivity contribution >= 4 is 34.2 Å². The summed E-state index contributed by atoms with van der Waals surface area (Å²) in [6.07, 6.45) is 1.75. The zero-order valence-electron chi connectivity index (χ0n) is 7.59. The summed E-state index contributed by atoms with van der Waals surface area (Å²) in [5.74, 6) is 0.416. The molecule has 0 saturated carbocycles. The van der Waals surface area contributed by atoms with Gasteiger partial charge in [0.05, 0.1) is 3.57 Å². The Bertz CT molecular complexity index is 302. The minimum Gasteiger partial charge on any atom is -0.324 e. The molecule has 2 N–H and O–H groups in total. The highest BCUT2D eigenvalue weighted by Crippen LogP contribution is 2.23. The van der Waals surface area contributed by atoms with E-state index >= 15 is 0 Å². The molecule has 0 fully saturated rings. The maximum absolute atomic E-state index is 5.97. The van der Waals surface area contributed by atoms with Crippen LogP contribution in [-0.4, -0.2) is 4.98 Å². The standard InChI is InChI=1S/C9H12ClIN2/c1-5(2)8(12)6-3-7(11)9(10)13-4-6/h3-5,8H,12H2,1-2H3. The van der Waals surface area contributed by atoms with E-state index in [1.807, 2.05) is 6.07 Å². The molecule has 1 unspecified atom stereocenters. The summed E-state index contributed by atoms with van der Waals surface area (Å²) < 4.78 is 0.952. The van der Waals surface area contributed by atoms with Crippen molar-refractivity contribution in [2.45, 2.75) is 19.9 Å². The van der Waals surface area contributed by atoms with Gasteiger partial charge in [-0.3, -0.25) is 0 Å². The fraction of sp³-hybridized carbons (Fsp3) is 0.444. The van der Waals surface area contributed by atoms with E-state index in [1.54, 1.807) is 6.20 Å². The van der Waals surface area contributed by atoms with Gasteiger partial charge in [-0.15, -0.1) is 0 Å². The van der Waals surface area contributed by atoms with Gasteiger partial charge in [-0.25, -0.2) is 4.98 Å². The molecule has 1 rings (SSSR count). The van der Waals surface area contributed by atoms with Gasteiger partial charge >= 0.3 is 0 Å². The molecule has 0 saturated heterocycles. The summed E-state index contributed by atoms with van der Waals surface area (Å²) in [6, 6.07) is 2.03. The SMILES string of the molecule is CC(C)C(N)c1cnc(Cl)c(I)c1. The Morgan fingerprint density at radius 1 is 1.54 bits per heavy atom. The molecule has 0 amide bonds. The fourth-order valence-electron chi connectivity index (χ4n) is 1.00. The zero-order chi connectivity index (χ0) is 10.0. The number of hydrogen-bond donors (Lipinski definition) is 1. The second-order valence-electron chi connectivity index (χ2n) is 3.31. The van der Waals surface area contributed by atoms with E-state index in [0.717, 1.165) is 9.13 Å². The smallest absolute Gasteiger partial charge is 0.142 e. The highest BCUT2D eigenvalue weighted by atomic mass is 127. The first-order chi connectivity index (χ1) is 6.02. The molecule has 4 heteroatoms. The Morgan fingerprint density at radius 3 is 2.62 bits per heavy atom. The van der Waals surface area contributed by atoms with Crippen LogP contribution in [0.4, 0.5) is 0 Å². The van der Waals surface area contributed by atoms with Gasteiger partial charge in [0.25, 0.3) is 0 Å². The van der Waals surface area contributed by atoms with Crippen LogP contribution in [0, 0.1) is 9.49 Å². The van der Waals surface area contributed by atoms with Gasteiger partial charge in [-0.05, 0) is 40.1 Å². The first-order valence-corrected chi connectivity index (χ1v) is 5.54. The normalized spacial score (nSPS) is 13.4. The third-order valence-electron chi connectivity index (χ3n) is 1.92. The van der Waals surface area contributed by atoms with Gasteiger partial charge in [0.15, 0.2) is 0 Å². The van der Waals surface area contributed by atoms with Gasteiger partial charge in [-0.2, -0.15) is 0 Å². The topological polar surface area (TPSA) is 38.9 Å². The van der Waals surface area contributed by atoms with Gasteiger partial charge in [-0.1, -0.05) is 25.4 Å². The van der Waals surface area contributed by atoms with Crippen LogP contribution in [0.3, 0.4) is 0 Å². The molecule has 1 aromatic heterocycles. The van der Waals surface area contributed by atoms with E-state index in [0.29, 0.717) is 11.1 Å². The number of pyridine rings is 1. The van der Waals surface area contributed by atoms with Crippen LogP contribution in [0.1, 0.15) is 25.5 Å². The van der Waals surface area contributed by atoms with Crippen LogP contribution >= 0.6 is 34.2 Å². The van der Waals surface area contributed by atoms with E-state index in [1.165, 1.54) is 0 Å². The van der Waals surface area contributed by atoms with Crippen molar-refractivity contribution < 1.29 is 0 Å². The van der Waals surface area contributed by atoms with Crippen LogP contribution < -0.4 is 5.73 Å². The molecule has 0 spiro atoms. The highest BCUT2D eigenvalue weighted by Gasteiger charge is 2.11. The quantitative estimate of drug-likeness (QED) is 0.674. The maximum atomic E-state index is 5.97. The molecule has 1 aromatic rings. The predicted molar refractivity (Wildman–Crippen MR) is 63.7 cm³/mol. The van der Waals surface area contributed by atoms with Gasteiger partial charge in [0.1, 0.15) is 5.15 Å². The monoisotopic (exact) mass is 310 g/mol. The Kier molecular flexibility index (Phi) is 3.94. The van der Waals surface area contributed by atoms with E-state index in [9.17, 15) is 0 Å². The predicted octanol–water partition coefficient (Wildman–Crippen LogP) is 3.00. The van der Waals surface area contributed by atoms with Gasteiger partial charge < -0.3 is 5.73 Å². The average Bonchev–Trinajstić information content (AvgIpc) is 2.08. The van der Waals surface area contributed by atoms with Crippen molar-refractivity contribution in [3.63, 3.8) is 0 Å². The molecule has 2 nitrogen and oxygen atoms in total. The van der Waals surface area contributed by atoms with Crippen molar-refractivity contribution in [3.8, 4) is 0 Å². The van der Waals surface area contributed by atoms with Crippen LogP contribution in [0.25, 0.3) is 0 Å². The molecule has 0 bridgehead atoms. The summed E-state index contributed by atoms with van der Waals surface area (Å²) in [4.78, 5) is 4.06. The lowest BCUT2D eigenvalue weighted by Gasteiger charge is -2.15. The second-order valence-corrected chi connectivity index (χ2v) is 4.83. The molecule has 0 aliphatic heterocycles. The summed E-state index contributed by atoms with van der Waals surface area (Å²) in [7, 11) is 0. The minimum atomic E-state index is 0.0401. The van der Waals surface area contributed by atoms with Crippen molar-refractivity contribution in [1.29, 1.82) is 0 Å². The van der Waals surface area contributed by atoms with Gasteiger partial charge in [0, 0.05) is 12.2 Å². The second kappa shape index (κ2) is 4.57. The lowest BCUT2D eigenvalue weighted by Crippen LogP contribution is -2.17. The van der Waals surface area contributed by atoms with Crippen LogP contribution in [0.15, 0.2) is 12.3 Å². The molecule has 1 heterocycles. The average molecular weight is 311 g/mol. The Labute approximate surface area is 97.0 Å². The Morgan fingerprint density at radius 2 is 2.15 bits per heavy atom. The number of hydrogen-bond acceptors (Lipinski definition) is 2. The fourth-order valence-corrected chi connectivity index (χ4v) is 1.61. The van der Waals surface area contributed by atoms with E-state index in [2.05, 4.69) is 41.4 Å². The van der Waals surface area contributed by atoms with Crippen LogP contribution in [0.5, 0.6) is 0 Å². The Balaban J connectivity index is 2.97. The minimum absolute atomic E-state index is 0.0401. The Hall–Kier alpha value is 0.130. The van der Waals surface area contributed by atoms with Crippen molar-refractivity contribution in [1.82, 2.24) is 4.98 Å². The molecule has 1 atom stereocenters. The lowest BCUT2D eigenvalue weighted by molar-refractivity contribution is 0.512. The summed E-state index contributed by atoms with van der Waals surface area (Å²) in [5.41, 5.74) is 7.02. The summed E-state index contributed by atoms with van der Waals surface area (Å²) in [6.45, 7) is 4.18. The zero-order valence-corrected chi connectivity index (χ0v) is 10.5.